The molecule has 6 unspecified atom stereocenters. The minimum absolute atomic E-state index is 0.00255. The third-order valence-corrected chi connectivity index (χ3v) is 11.9. The van der Waals surface area contributed by atoms with Gasteiger partial charge in [-0.15, -0.1) is 6.58 Å². The molecule has 2 aromatic heterocycles. The van der Waals surface area contributed by atoms with E-state index in [2.05, 4.69) is 33.7 Å². The summed E-state index contributed by atoms with van der Waals surface area (Å²) in [7, 11) is 0. The van der Waals surface area contributed by atoms with Crippen LogP contribution in [0.4, 0.5) is 0 Å². The third kappa shape index (κ3) is 9.13. The minimum atomic E-state index is -1.02. The molecule has 3 aromatic rings. The number of aliphatic hydroxyl groups excluding tert-OH is 2. The lowest BCUT2D eigenvalue weighted by atomic mass is 9.56. The van der Waals surface area contributed by atoms with Crippen molar-refractivity contribution in [3.05, 3.63) is 102 Å². The van der Waals surface area contributed by atoms with Crippen LogP contribution >= 0.6 is 11.8 Å². The highest BCUT2D eigenvalue weighted by Crippen LogP contribution is 2.62. The van der Waals surface area contributed by atoms with E-state index in [1.807, 2.05) is 62.1 Å². The molecule has 11 heteroatoms. The fourth-order valence-electron chi connectivity index (χ4n) is 8.31. The topological polar surface area (TPSA) is 128 Å². The Labute approximate surface area is 318 Å². The van der Waals surface area contributed by atoms with Crippen LogP contribution in [0.5, 0.6) is 11.5 Å². The number of allylic oxidation sites excluding steroid dienone is 1. The van der Waals surface area contributed by atoms with E-state index in [0.29, 0.717) is 26.2 Å². The number of rotatable bonds is 20. The maximum absolute atomic E-state index is 9.87. The average Bonchev–Trinajstić information content (AvgIpc) is 3.18. The van der Waals surface area contributed by atoms with Gasteiger partial charge in [0.2, 0.25) is 5.79 Å². The third-order valence-electron chi connectivity index (χ3n) is 10.6. The van der Waals surface area contributed by atoms with Crippen molar-refractivity contribution in [2.45, 2.75) is 88.8 Å². The molecule has 3 aliphatic rings. The van der Waals surface area contributed by atoms with Gasteiger partial charge in [0, 0.05) is 61.8 Å². The highest BCUT2D eigenvalue weighted by atomic mass is 32.2. The Bertz CT molecular complexity index is 1710. The van der Waals surface area contributed by atoms with E-state index in [1.165, 1.54) is 0 Å². The zero-order valence-corrected chi connectivity index (χ0v) is 31.9. The molecule has 0 amide bonds. The molecule has 3 heterocycles. The van der Waals surface area contributed by atoms with Gasteiger partial charge in [0.15, 0.2) is 0 Å². The molecule has 1 aliphatic heterocycles. The molecule has 1 aromatic carbocycles. The smallest absolute Gasteiger partial charge is 0.230 e. The predicted molar refractivity (Wildman–Crippen MR) is 208 cm³/mol. The van der Waals surface area contributed by atoms with Gasteiger partial charge in [-0.1, -0.05) is 36.2 Å². The molecule has 2 N–H and O–H groups in total. The van der Waals surface area contributed by atoms with Gasteiger partial charge in [-0.05, 0) is 93.0 Å². The Balaban J connectivity index is 1.47. The number of oxime groups is 1. The zero-order chi connectivity index (χ0) is 37.0. The summed E-state index contributed by atoms with van der Waals surface area (Å²) in [5.41, 5.74) is 5.90. The number of unbranched alkanes of at least 4 members (excludes halogenated alkanes) is 2. The fraction of sp³-hybridized carbons (Fsp3) is 0.524. The van der Waals surface area contributed by atoms with Gasteiger partial charge < -0.3 is 29.3 Å². The Morgan fingerprint density at radius 1 is 1.08 bits per heavy atom. The molecule has 0 spiro atoms. The molecule has 53 heavy (non-hydrogen) atoms. The van der Waals surface area contributed by atoms with Crippen LogP contribution in [0.3, 0.4) is 0 Å². The van der Waals surface area contributed by atoms with Crippen molar-refractivity contribution in [1.82, 2.24) is 15.0 Å². The van der Waals surface area contributed by atoms with E-state index >= 15 is 0 Å². The van der Waals surface area contributed by atoms with Crippen molar-refractivity contribution in [3.63, 3.8) is 0 Å². The molecule has 6 atom stereocenters. The number of hydrogen-bond acceptors (Lipinski definition) is 11. The maximum atomic E-state index is 9.87. The zero-order valence-electron chi connectivity index (χ0n) is 31.1. The van der Waals surface area contributed by atoms with Crippen molar-refractivity contribution >= 4 is 17.5 Å². The first-order valence-electron chi connectivity index (χ1n) is 19.1. The molecule has 2 aliphatic carbocycles. The van der Waals surface area contributed by atoms with Crippen molar-refractivity contribution in [2.75, 3.05) is 32.2 Å². The molecule has 0 saturated heterocycles. The molecule has 0 radical (unpaired) electrons. The van der Waals surface area contributed by atoms with Gasteiger partial charge in [-0.3, -0.25) is 15.0 Å². The lowest BCUT2D eigenvalue weighted by Crippen LogP contribution is -2.64. The number of nitrogens with zero attached hydrogens (tertiary/aromatic N) is 4. The highest BCUT2D eigenvalue weighted by molar-refractivity contribution is 8.00. The second-order valence-corrected chi connectivity index (χ2v) is 15.4. The first-order chi connectivity index (χ1) is 26.0. The Morgan fingerprint density at radius 3 is 2.68 bits per heavy atom. The summed E-state index contributed by atoms with van der Waals surface area (Å²) < 4.78 is 20.7. The van der Waals surface area contributed by atoms with E-state index in [9.17, 15) is 10.2 Å². The van der Waals surface area contributed by atoms with Crippen LogP contribution in [-0.4, -0.2) is 74.1 Å². The van der Waals surface area contributed by atoms with Crippen LogP contribution in [0.2, 0.25) is 0 Å². The number of fused-ring (bicyclic) bond motifs is 2. The summed E-state index contributed by atoms with van der Waals surface area (Å²) in [4.78, 5) is 19.3. The highest BCUT2D eigenvalue weighted by Gasteiger charge is 2.63. The van der Waals surface area contributed by atoms with Crippen molar-refractivity contribution in [1.29, 1.82) is 0 Å². The average molecular weight is 743 g/mol. The first kappa shape index (κ1) is 38.9. The number of benzene rings is 1. The van der Waals surface area contributed by atoms with E-state index in [0.717, 1.165) is 96.1 Å². The lowest BCUT2D eigenvalue weighted by Gasteiger charge is -2.58. The number of ether oxygens (including phenoxy) is 3. The first-order valence-corrected chi connectivity index (χ1v) is 20.2. The minimum Gasteiger partial charge on any atom is -0.487 e. The quantitative estimate of drug-likeness (QED) is 0.0687. The van der Waals surface area contributed by atoms with E-state index in [1.54, 1.807) is 18.5 Å². The number of pyridine rings is 1. The summed E-state index contributed by atoms with van der Waals surface area (Å²) >= 11 is 1.82. The normalized spacial score (nSPS) is 25.2. The Hall–Kier alpha value is -3.77. The molecule has 1 saturated carbocycles. The largest absolute Gasteiger partial charge is 0.487 e. The number of hydrogen-bond donors (Lipinski definition) is 2. The Kier molecular flexibility index (Phi) is 14.0. The van der Waals surface area contributed by atoms with Crippen LogP contribution in [0, 0.1) is 24.7 Å². The number of aliphatic hydroxyl groups is 2. The summed E-state index contributed by atoms with van der Waals surface area (Å²) in [6.07, 6.45) is 16.0. The second kappa shape index (κ2) is 19.0. The van der Waals surface area contributed by atoms with Crippen LogP contribution in [-0.2, 0) is 22.6 Å². The van der Waals surface area contributed by atoms with Gasteiger partial charge in [0.1, 0.15) is 24.7 Å². The molecular weight excluding hydrogens is 689 g/mol. The summed E-state index contributed by atoms with van der Waals surface area (Å²) in [5, 5.41) is 24.3. The van der Waals surface area contributed by atoms with Crippen LogP contribution in [0.15, 0.2) is 84.4 Å². The molecule has 1 fully saturated rings. The van der Waals surface area contributed by atoms with Crippen molar-refractivity contribution in [3.8, 4) is 11.5 Å². The van der Waals surface area contributed by atoms with Gasteiger partial charge in [-0.2, -0.15) is 11.8 Å². The summed E-state index contributed by atoms with van der Waals surface area (Å²) in [6, 6.07) is 12.1. The lowest BCUT2D eigenvalue weighted by molar-refractivity contribution is -0.223. The van der Waals surface area contributed by atoms with Gasteiger partial charge in [0.25, 0.3) is 0 Å². The van der Waals surface area contributed by atoms with E-state index in [4.69, 9.17) is 24.2 Å². The molecular formula is C42H54N4O6S. The SMILES string of the molecule is C=CCOC12Oc3ccc(OCc4cccc(C)n4)cc3C3C(CCCCO)C(CCCCO)C=C(C(=NOCC)CC1SCCc1cnccn1)C32. The standard InChI is InChI=1S/C42H54N4O6S/c1-4-22-50-42-39(53-23-17-31-27-43-18-19-44-31)26-37(46-51-5-2)35-24-30(12-6-8-20-47)34(14-7-9-21-48)40(41(35)42)36-25-33(15-16-38(36)52-42)49-28-32-13-10-11-29(3)45-32/h4,10-11,13,15-16,18-19,24-25,27,30,34,39-41,47-48H,1,5-9,12,14,17,20-23,26,28H2,2-3H3. The predicted octanol–water partition coefficient (Wildman–Crippen LogP) is 7.39. The molecule has 6 rings (SSSR count). The van der Waals surface area contributed by atoms with Gasteiger partial charge in [-0.25, -0.2) is 0 Å². The van der Waals surface area contributed by atoms with Crippen LogP contribution in [0.1, 0.15) is 80.4 Å². The molecule has 0 bridgehead atoms. The van der Waals surface area contributed by atoms with Gasteiger partial charge >= 0.3 is 0 Å². The van der Waals surface area contributed by atoms with Crippen molar-refractivity contribution in [2.24, 2.45) is 22.9 Å². The molecule has 284 valence electrons. The monoisotopic (exact) mass is 742 g/mol. The van der Waals surface area contributed by atoms with Crippen LogP contribution < -0.4 is 9.47 Å². The maximum Gasteiger partial charge on any atom is 0.230 e. The number of thioether (sulfide) groups is 1. The summed E-state index contributed by atoms with van der Waals surface area (Å²) in [6.45, 7) is 9.44. The van der Waals surface area contributed by atoms with Crippen LogP contribution in [0.25, 0.3) is 0 Å². The Morgan fingerprint density at radius 2 is 1.92 bits per heavy atom. The van der Waals surface area contributed by atoms with Crippen molar-refractivity contribution < 1.29 is 29.3 Å². The number of aromatic nitrogens is 3. The summed E-state index contributed by atoms with van der Waals surface area (Å²) in [5.74, 6) is 1.56. The van der Waals surface area contributed by atoms with E-state index < -0.39 is 5.79 Å². The number of aryl methyl sites for hydroxylation is 2. The molecule has 10 nitrogen and oxygen atoms in total. The fourth-order valence-corrected chi connectivity index (χ4v) is 9.69. The second-order valence-electron chi connectivity index (χ2n) is 14.0. The van der Waals surface area contributed by atoms with Gasteiger partial charge in [0.05, 0.1) is 34.9 Å². The van der Waals surface area contributed by atoms with E-state index in [-0.39, 0.29) is 42.1 Å².